The molecule has 0 bridgehead atoms. The van der Waals surface area contributed by atoms with E-state index >= 15 is 0 Å². The Hall–Kier alpha value is -0.517. The molecule has 0 amide bonds. The first kappa shape index (κ1) is 4.64. The summed E-state index contributed by atoms with van der Waals surface area (Å²) in [5.41, 5.74) is 0. The van der Waals surface area contributed by atoms with Crippen LogP contribution in [0.1, 0.15) is 0 Å². The van der Waals surface area contributed by atoms with Gasteiger partial charge in [0.2, 0.25) is 0 Å². The molecule has 1 aromatic heterocycles. The van der Waals surface area contributed by atoms with Crippen molar-refractivity contribution in [1.29, 1.82) is 0 Å². The van der Waals surface area contributed by atoms with Crippen molar-refractivity contribution in [2.45, 2.75) is 0 Å². The fourth-order valence-corrected chi connectivity index (χ4v) is 0.679. The molecule has 0 N–H and O–H groups in total. The first-order chi connectivity index (χ1) is 3.39. The average molecular weight is 157 g/mol. The van der Waals surface area contributed by atoms with Crippen molar-refractivity contribution < 1.29 is 0 Å². The molecule has 4 nitrogen and oxygen atoms in total. The van der Waals surface area contributed by atoms with E-state index in [-0.39, 0.29) is 0 Å². The van der Waals surface area contributed by atoms with E-state index in [4.69, 9.17) is 0 Å². The molecule has 0 atom stereocenters. The molecule has 0 fully saturated rings. The van der Waals surface area contributed by atoms with Gasteiger partial charge in [-0.3, -0.25) is 0 Å². The van der Waals surface area contributed by atoms with Gasteiger partial charge in [0.25, 0.3) is 0 Å². The summed E-state index contributed by atoms with van der Waals surface area (Å²) >= 11 is 0.579. The Kier molecular flexibility index (Phi) is 1.30. The molecule has 0 saturated heterocycles. The third kappa shape index (κ3) is 1.19. The molecule has 7 heavy (non-hydrogen) atoms. The van der Waals surface area contributed by atoms with Crippen LogP contribution in [0.5, 0.6) is 0 Å². The zero-order chi connectivity index (χ0) is 5.11. The summed E-state index contributed by atoms with van der Waals surface area (Å²) in [7, 11) is 0. The second kappa shape index (κ2) is 1.97. The zero-order valence-electron chi connectivity index (χ0n) is 3.87. The van der Waals surface area contributed by atoms with Crippen LogP contribution in [0.3, 0.4) is 0 Å². The summed E-state index contributed by atoms with van der Waals surface area (Å²) in [4.78, 5) is 0. The minimum absolute atomic E-state index is 0.579. The van der Waals surface area contributed by atoms with Gasteiger partial charge in [0, 0.05) is 0 Å². The van der Waals surface area contributed by atoms with E-state index in [9.17, 15) is 0 Å². The molecule has 0 aliphatic carbocycles. The molecule has 5 heteroatoms. The standard InChI is InChI=1S/C2H4GeN4/c3-2-1-4-6-7-5-2/h1H,3H3. The van der Waals surface area contributed by atoms with Crippen LogP contribution < -0.4 is 4.53 Å². The molecule has 1 aromatic rings. The Bertz CT molecular complexity index is 140. The third-order valence-electron chi connectivity index (χ3n) is 0.539. The average Bonchev–Trinajstić information content (AvgIpc) is 1.69. The summed E-state index contributed by atoms with van der Waals surface area (Å²) in [6, 6.07) is 0. The summed E-state index contributed by atoms with van der Waals surface area (Å²) in [6.45, 7) is 0. The van der Waals surface area contributed by atoms with Crippen molar-refractivity contribution in [1.82, 2.24) is 20.6 Å². The molecular formula is C2H4GeN4. The van der Waals surface area contributed by atoms with Gasteiger partial charge in [-0.1, -0.05) is 0 Å². The van der Waals surface area contributed by atoms with Crippen LogP contribution in [0, 0.1) is 0 Å². The van der Waals surface area contributed by atoms with Gasteiger partial charge in [-0.15, -0.1) is 0 Å². The second-order valence-corrected chi connectivity index (χ2v) is 3.31. The van der Waals surface area contributed by atoms with E-state index in [0.717, 1.165) is 4.53 Å². The Morgan fingerprint density at radius 1 is 1.43 bits per heavy atom. The van der Waals surface area contributed by atoms with Crippen LogP contribution in [-0.2, 0) is 0 Å². The molecule has 0 aromatic carbocycles. The van der Waals surface area contributed by atoms with Crippen LogP contribution in [0.25, 0.3) is 0 Å². The molecule has 1 rings (SSSR count). The normalized spacial score (nSPS) is 9.14. The van der Waals surface area contributed by atoms with Crippen LogP contribution in [0.4, 0.5) is 0 Å². The monoisotopic (exact) mass is 158 g/mol. The topological polar surface area (TPSA) is 51.6 Å². The van der Waals surface area contributed by atoms with Crippen molar-refractivity contribution in [3.8, 4) is 0 Å². The molecule has 0 radical (unpaired) electrons. The van der Waals surface area contributed by atoms with Crippen LogP contribution in [-0.4, -0.2) is 37.1 Å². The number of hydrogen-bond donors (Lipinski definition) is 0. The Morgan fingerprint density at radius 2 is 2.29 bits per heavy atom. The summed E-state index contributed by atoms with van der Waals surface area (Å²) in [6.07, 6.45) is 1.63. The minimum atomic E-state index is 0.579. The van der Waals surface area contributed by atoms with Crippen molar-refractivity contribution in [2.24, 2.45) is 0 Å². The molecular weight excluding hydrogens is 153 g/mol. The van der Waals surface area contributed by atoms with Gasteiger partial charge in [-0.25, -0.2) is 0 Å². The van der Waals surface area contributed by atoms with Gasteiger partial charge in [-0.2, -0.15) is 0 Å². The summed E-state index contributed by atoms with van der Waals surface area (Å²) < 4.78 is 0.975. The number of nitrogens with zero attached hydrogens (tertiary/aromatic N) is 4. The number of hydrogen-bond acceptors (Lipinski definition) is 4. The fraction of sp³-hybridized carbons (Fsp3) is 0. The molecule has 0 spiro atoms. The van der Waals surface area contributed by atoms with Crippen molar-refractivity contribution in [2.75, 3.05) is 0 Å². The van der Waals surface area contributed by atoms with E-state index in [1.165, 1.54) is 0 Å². The SMILES string of the molecule is [GeH3][c]1cnnnn1. The molecule has 0 aliphatic rings. The van der Waals surface area contributed by atoms with Gasteiger partial charge in [0.05, 0.1) is 0 Å². The molecule has 0 saturated carbocycles. The Morgan fingerprint density at radius 3 is 2.57 bits per heavy atom. The van der Waals surface area contributed by atoms with E-state index in [1.807, 2.05) is 0 Å². The van der Waals surface area contributed by atoms with Crippen molar-refractivity contribution >= 4 is 21.0 Å². The zero-order valence-corrected chi connectivity index (χ0v) is 8.06. The van der Waals surface area contributed by atoms with E-state index in [0.29, 0.717) is 16.5 Å². The predicted molar refractivity (Wildman–Crippen MR) is 27.2 cm³/mol. The maximum atomic E-state index is 3.64. The molecule has 36 valence electrons. The quantitative estimate of drug-likeness (QED) is 0.383. The number of aromatic nitrogens is 4. The first-order valence-corrected chi connectivity index (χ1v) is 3.97. The van der Waals surface area contributed by atoms with Crippen LogP contribution in [0.15, 0.2) is 6.20 Å². The summed E-state index contributed by atoms with van der Waals surface area (Å²) in [5.74, 6) is 0. The molecule has 0 unspecified atom stereocenters. The Labute approximate surface area is 48.6 Å². The number of rotatable bonds is 0. The molecule has 0 aliphatic heterocycles. The van der Waals surface area contributed by atoms with Gasteiger partial charge in [0.1, 0.15) is 0 Å². The second-order valence-electron chi connectivity index (χ2n) is 1.16. The van der Waals surface area contributed by atoms with Crippen LogP contribution in [0.2, 0.25) is 0 Å². The van der Waals surface area contributed by atoms with E-state index in [1.54, 1.807) is 6.20 Å². The van der Waals surface area contributed by atoms with Crippen molar-refractivity contribution in [3.05, 3.63) is 6.20 Å². The van der Waals surface area contributed by atoms with Crippen LogP contribution >= 0.6 is 0 Å². The maximum absolute atomic E-state index is 3.64. The Balaban J connectivity index is 3.02. The summed E-state index contributed by atoms with van der Waals surface area (Å²) in [5, 5.41) is 13.7. The molecule has 1 heterocycles. The van der Waals surface area contributed by atoms with Gasteiger partial charge in [-0.05, 0) is 0 Å². The van der Waals surface area contributed by atoms with E-state index in [2.05, 4.69) is 20.6 Å². The van der Waals surface area contributed by atoms with Crippen molar-refractivity contribution in [3.63, 3.8) is 0 Å². The van der Waals surface area contributed by atoms with Gasteiger partial charge >= 0.3 is 47.9 Å². The van der Waals surface area contributed by atoms with Gasteiger partial charge in [0.15, 0.2) is 0 Å². The first-order valence-electron chi connectivity index (χ1n) is 1.87. The predicted octanol–water partition coefficient (Wildman–Crippen LogP) is -2.74. The fourth-order valence-electron chi connectivity index (χ4n) is 0.249. The van der Waals surface area contributed by atoms with E-state index < -0.39 is 0 Å². The third-order valence-corrected chi connectivity index (χ3v) is 1.50. The van der Waals surface area contributed by atoms with Gasteiger partial charge < -0.3 is 0 Å².